The van der Waals surface area contributed by atoms with Gasteiger partial charge in [0.1, 0.15) is 6.10 Å². The quantitative estimate of drug-likeness (QED) is 0.810. The highest BCUT2D eigenvalue weighted by Crippen LogP contribution is 2.17. The number of likely N-dealkylation sites (tertiary alicyclic amines) is 1. The van der Waals surface area contributed by atoms with Crippen LogP contribution in [0.15, 0.2) is 42.7 Å². The van der Waals surface area contributed by atoms with Crippen molar-refractivity contribution in [3.05, 3.63) is 53.3 Å². The number of hydrogen-bond donors (Lipinski definition) is 0. The fourth-order valence-corrected chi connectivity index (χ4v) is 3.01. The molecule has 0 radical (unpaired) electrons. The zero-order chi connectivity index (χ0) is 15.9. The van der Waals surface area contributed by atoms with Crippen molar-refractivity contribution < 1.29 is 4.74 Å². The summed E-state index contributed by atoms with van der Waals surface area (Å²) in [6.07, 6.45) is 7.76. The minimum Gasteiger partial charge on any atom is -0.460 e. The fourth-order valence-electron chi connectivity index (χ4n) is 2.91. The molecule has 0 bridgehead atoms. The first-order chi connectivity index (χ1) is 11.3. The second-order valence-electron chi connectivity index (χ2n) is 5.93. The largest absolute Gasteiger partial charge is 0.460 e. The summed E-state index contributed by atoms with van der Waals surface area (Å²) in [5.74, 6) is 0. The summed E-state index contributed by atoms with van der Waals surface area (Å²) in [6, 6.07) is 11.1. The van der Waals surface area contributed by atoms with Gasteiger partial charge in [-0.25, -0.2) is 9.97 Å². The first kappa shape index (κ1) is 16.2. The molecule has 0 unspecified atom stereocenters. The van der Waals surface area contributed by atoms with Crippen molar-refractivity contribution in [2.75, 3.05) is 19.6 Å². The summed E-state index contributed by atoms with van der Waals surface area (Å²) in [4.78, 5) is 10.7. The lowest BCUT2D eigenvalue weighted by atomic mass is 10.1. The number of rotatable bonds is 6. The van der Waals surface area contributed by atoms with E-state index in [2.05, 4.69) is 45.2 Å². The van der Waals surface area contributed by atoms with Crippen molar-refractivity contribution in [1.29, 1.82) is 0 Å². The normalized spacial score (nSPS) is 16.4. The van der Waals surface area contributed by atoms with E-state index in [4.69, 9.17) is 16.3 Å². The highest BCUT2D eigenvalue weighted by atomic mass is 35.5. The number of piperidine rings is 1. The number of benzene rings is 1. The Morgan fingerprint density at radius 3 is 2.48 bits per heavy atom. The SMILES string of the molecule is Clc1cnc(OC2CCN(CCCc3ccccc3)CC2)nc1. The molecule has 1 aliphatic heterocycles. The molecule has 2 heterocycles. The monoisotopic (exact) mass is 331 g/mol. The Morgan fingerprint density at radius 2 is 1.78 bits per heavy atom. The molecule has 2 aromatic rings. The van der Waals surface area contributed by atoms with Crippen LogP contribution in [-0.2, 0) is 6.42 Å². The van der Waals surface area contributed by atoms with E-state index < -0.39 is 0 Å². The Bertz CT molecular complexity index is 583. The van der Waals surface area contributed by atoms with Gasteiger partial charge in [-0.05, 0) is 37.8 Å². The van der Waals surface area contributed by atoms with Gasteiger partial charge in [-0.3, -0.25) is 0 Å². The van der Waals surface area contributed by atoms with E-state index in [1.165, 1.54) is 12.0 Å². The minimum absolute atomic E-state index is 0.210. The van der Waals surface area contributed by atoms with E-state index in [1.807, 2.05) is 0 Å². The van der Waals surface area contributed by atoms with E-state index >= 15 is 0 Å². The lowest BCUT2D eigenvalue weighted by molar-refractivity contribution is 0.0922. The molecular weight excluding hydrogens is 310 g/mol. The lowest BCUT2D eigenvalue weighted by Crippen LogP contribution is -2.39. The highest BCUT2D eigenvalue weighted by molar-refractivity contribution is 6.30. The summed E-state index contributed by atoms with van der Waals surface area (Å²) in [5.41, 5.74) is 1.42. The van der Waals surface area contributed by atoms with E-state index in [1.54, 1.807) is 12.4 Å². The van der Waals surface area contributed by atoms with Crippen LogP contribution in [0, 0.1) is 0 Å². The molecule has 5 heteroatoms. The zero-order valence-electron chi connectivity index (χ0n) is 13.2. The Hall–Kier alpha value is -1.65. The number of ether oxygens (including phenoxy) is 1. The molecular formula is C18H22ClN3O. The van der Waals surface area contributed by atoms with Gasteiger partial charge in [0.05, 0.1) is 17.4 Å². The zero-order valence-corrected chi connectivity index (χ0v) is 14.0. The van der Waals surface area contributed by atoms with Gasteiger partial charge in [-0.15, -0.1) is 0 Å². The van der Waals surface area contributed by atoms with Crippen molar-refractivity contribution in [1.82, 2.24) is 14.9 Å². The van der Waals surface area contributed by atoms with Gasteiger partial charge < -0.3 is 9.64 Å². The van der Waals surface area contributed by atoms with Crippen molar-refractivity contribution in [2.45, 2.75) is 31.8 Å². The Labute approximate surface area is 142 Å². The molecule has 1 aliphatic rings. The van der Waals surface area contributed by atoms with Crippen molar-refractivity contribution in [3.8, 4) is 6.01 Å². The number of hydrogen-bond acceptors (Lipinski definition) is 4. The first-order valence-electron chi connectivity index (χ1n) is 8.20. The lowest BCUT2D eigenvalue weighted by Gasteiger charge is -2.31. The number of aromatic nitrogens is 2. The van der Waals surface area contributed by atoms with Crippen LogP contribution in [0.25, 0.3) is 0 Å². The third-order valence-electron chi connectivity index (χ3n) is 4.19. The molecule has 0 saturated carbocycles. The van der Waals surface area contributed by atoms with Crippen LogP contribution >= 0.6 is 11.6 Å². The molecule has 23 heavy (non-hydrogen) atoms. The van der Waals surface area contributed by atoms with E-state index in [0.29, 0.717) is 11.0 Å². The molecule has 1 aromatic carbocycles. The maximum atomic E-state index is 5.82. The maximum Gasteiger partial charge on any atom is 0.316 e. The molecule has 0 atom stereocenters. The summed E-state index contributed by atoms with van der Waals surface area (Å²) < 4.78 is 5.82. The van der Waals surface area contributed by atoms with Gasteiger partial charge in [-0.1, -0.05) is 41.9 Å². The molecule has 0 aliphatic carbocycles. The fraction of sp³-hybridized carbons (Fsp3) is 0.444. The second kappa shape index (κ2) is 8.27. The summed E-state index contributed by atoms with van der Waals surface area (Å²) in [5, 5.41) is 0.533. The van der Waals surface area contributed by atoms with E-state index in [0.717, 1.165) is 38.9 Å². The van der Waals surface area contributed by atoms with Crippen LogP contribution < -0.4 is 4.74 Å². The predicted octanol–water partition coefficient (Wildman–Crippen LogP) is 3.61. The van der Waals surface area contributed by atoms with Crippen LogP contribution in [0.1, 0.15) is 24.8 Å². The van der Waals surface area contributed by atoms with Crippen LogP contribution in [0.3, 0.4) is 0 Å². The average molecular weight is 332 g/mol. The van der Waals surface area contributed by atoms with Crippen molar-refractivity contribution in [3.63, 3.8) is 0 Å². The van der Waals surface area contributed by atoms with Gasteiger partial charge in [-0.2, -0.15) is 0 Å². The first-order valence-corrected chi connectivity index (χ1v) is 8.58. The molecule has 3 rings (SSSR count). The summed E-state index contributed by atoms with van der Waals surface area (Å²) in [6.45, 7) is 3.30. The van der Waals surface area contributed by atoms with E-state index in [-0.39, 0.29) is 6.10 Å². The molecule has 0 N–H and O–H groups in total. The van der Waals surface area contributed by atoms with E-state index in [9.17, 15) is 0 Å². The Balaban J connectivity index is 1.36. The maximum absolute atomic E-state index is 5.82. The molecule has 0 amide bonds. The third-order valence-corrected chi connectivity index (χ3v) is 4.38. The Morgan fingerprint density at radius 1 is 1.09 bits per heavy atom. The van der Waals surface area contributed by atoms with Crippen molar-refractivity contribution in [2.24, 2.45) is 0 Å². The van der Waals surface area contributed by atoms with Gasteiger partial charge in [0.25, 0.3) is 0 Å². The summed E-state index contributed by atoms with van der Waals surface area (Å²) >= 11 is 5.78. The molecule has 1 saturated heterocycles. The third kappa shape index (κ3) is 5.19. The van der Waals surface area contributed by atoms with Gasteiger partial charge in [0, 0.05) is 13.1 Å². The minimum atomic E-state index is 0.210. The predicted molar refractivity (Wildman–Crippen MR) is 91.9 cm³/mol. The smallest absolute Gasteiger partial charge is 0.316 e. The van der Waals surface area contributed by atoms with Crippen LogP contribution in [0.4, 0.5) is 0 Å². The topological polar surface area (TPSA) is 38.2 Å². The van der Waals surface area contributed by atoms with Crippen LogP contribution in [0.2, 0.25) is 5.02 Å². The summed E-state index contributed by atoms with van der Waals surface area (Å²) in [7, 11) is 0. The van der Waals surface area contributed by atoms with Crippen LogP contribution in [-0.4, -0.2) is 40.6 Å². The highest BCUT2D eigenvalue weighted by Gasteiger charge is 2.20. The molecule has 4 nitrogen and oxygen atoms in total. The average Bonchev–Trinajstić information content (AvgIpc) is 2.59. The standard InChI is InChI=1S/C18H22ClN3O/c19-16-13-20-18(21-14-16)23-17-8-11-22(12-9-17)10-4-7-15-5-2-1-3-6-15/h1-3,5-6,13-14,17H,4,7-12H2. The molecule has 1 fully saturated rings. The van der Waals surface area contributed by atoms with Crippen molar-refractivity contribution >= 4 is 11.6 Å². The molecule has 1 aromatic heterocycles. The molecule has 0 spiro atoms. The number of nitrogens with zero attached hydrogens (tertiary/aromatic N) is 3. The number of halogens is 1. The van der Waals surface area contributed by atoms with Gasteiger partial charge >= 0.3 is 6.01 Å². The Kier molecular flexibility index (Phi) is 5.83. The van der Waals surface area contributed by atoms with Gasteiger partial charge in [0.15, 0.2) is 0 Å². The van der Waals surface area contributed by atoms with Gasteiger partial charge in [0.2, 0.25) is 0 Å². The number of aryl methyl sites for hydroxylation is 1. The van der Waals surface area contributed by atoms with Crippen LogP contribution in [0.5, 0.6) is 6.01 Å². The molecule has 122 valence electrons. The second-order valence-corrected chi connectivity index (χ2v) is 6.37.